The molecule has 0 spiro atoms. The number of rotatable bonds is 3. The molecule has 108 valence electrons. The van der Waals surface area contributed by atoms with Crippen LogP contribution in [0.3, 0.4) is 0 Å². The van der Waals surface area contributed by atoms with E-state index in [-0.39, 0.29) is 29.1 Å². The SMILES string of the molecule is Nc1ccc(C(=O)NC2CCC(C(=O)O)CC2)cc1F. The number of anilines is 1. The van der Waals surface area contributed by atoms with E-state index in [9.17, 15) is 14.0 Å². The summed E-state index contributed by atoms with van der Waals surface area (Å²) in [6, 6.07) is 3.87. The van der Waals surface area contributed by atoms with E-state index in [4.69, 9.17) is 10.8 Å². The second-order valence-corrected chi connectivity index (χ2v) is 5.10. The van der Waals surface area contributed by atoms with Crippen LogP contribution in [0, 0.1) is 11.7 Å². The molecule has 1 fully saturated rings. The molecule has 0 heterocycles. The quantitative estimate of drug-likeness (QED) is 0.736. The van der Waals surface area contributed by atoms with Gasteiger partial charge >= 0.3 is 5.97 Å². The molecular formula is C14H17FN2O3. The summed E-state index contributed by atoms with van der Waals surface area (Å²) in [4.78, 5) is 22.8. The fourth-order valence-electron chi connectivity index (χ4n) is 2.42. The van der Waals surface area contributed by atoms with Crippen LogP contribution >= 0.6 is 0 Å². The first kappa shape index (κ1) is 14.3. The predicted molar refractivity (Wildman–Crippen MR) is 71.7 cm³/mol. The highest BCUT2D eigenvalue weighted by Gasteiger charge is 2.26. The summed E-state index contributed by atoms with van der Waals surface area (Å²) in [7, 11) is 0. The van der Waals surface area contributed by atoms with Gasteiger partial charge < -0.3 is 16.2 Å². The zero-order valence-electron chi connectivity index (χ0n) is 10.9. The lowest BCUT2D eigenvalue weighted by atomic mass is 9.86. The lowest BCUT2D eigenvalue weighted by Gasteiger charge is -2.26. The lowest BCUT2D eigenvalue weighted by Crippen LogP contribution is -2.38. The summed E-state index contributed by atoms with van der Waals surface area (Å²) in [5, 5.41) is 11.7. The third-order valence-electron chi connectivity index (χ3n) is 3.67. The number of hydrogen-bond acceptors (Lipinski definition) is 3. The van der Waals surface area contributed by atoms with E-state index >= 15 is 0 Å². The number of nitrogens with one attached hydrogen (secondary N) is 1. The molecule has 1 aromatic rings. The minimum Gasteiger partial charge on any atom is -0.481 e. The van der Waals surface area contributed by atoms with Crippen molar-refractivity contribution in [3.63, 3.8) is 0 Å². The lowest BCUT2D eigenvalue weighted by molar-refractivity contribution is -0.142. The van der Waals surface area contributed by atoms with Crippen molar-refractivity contribution in [1.29, 1.82) is 0 Å². The molecule has 1 saturated carbocycles. The molecule has 5 nitrogen and oxygen atoms in total. The average Bonchev–Trinajstić information content (AvgIpc) is 2.42. The first-order valence-corrected chi connectivity index (χ1v) is 6.56. The molecule has 1 amide bonds. The number of amides is 1. The third kappa shape index (κ3) is 3.26. The molecule has 0 aromatic heterocycles. The molecule has 2 rings (SSSR count). The smallest absolute Gasteiger partial charge is 0.306 e. The van der Waals surface area contributed by atoms with Crippen molar-refractivity contribution in [3.8, 4) is 0 Å². The van der Waals surface area contributed by atoms with E-state index in [0.29, 0.717) is 25.7 Å². The van der Waals surface area contributed by atoms with Gasteiger partial charge in [0.2, 0.25) is 0 Å². The highest BCUT2D eigenvalue weighted by atomic mass is 19.1. The summed E-state index contributed by atoms with van der Waals surface area (Å²) >= 11 is 0. The predicted octanol–water partition coefficient (Wildman–Crippen LogP) is 1.78. The van der Waals surface area contributed by atoms with Gasteiger partial charge in [-0.05, 0) is 43.9 Å². The van der Waals surface area contributed by atoms with Gasteiger partial charge in [0.05, 0.1) is 11.6 Å². The maximum absolute atomic E-state index is 13.3. The fraction of sp³-hybridized carbons (Fsp3) is 0.429. The molecule has 0 radical (unpaired) electrons. The number of benzene rings is 1. The van der Waals surface area contributed by atoms with Gasteiger partial charge in [-0.3, -0.25) is 9.59 Å². The minimum absolute atomic E-state index is 0.00326. The van der Waals surface area contributed by atoms with Crippen LogP contribution < -0.4 is 11.1 Å². The Morgan fingerprint density at radius 3 is 2.45 bits per heavy atom. The van der Waals surface area contributed by atoms with E-state index in [1.54, 1.807) is 0 Å². The van der Waals surface area contributed by atoms with Gasteiger partial charge in [-0.15, -0.1) is 0 Å². The van der Waals surface area contributed by atoms with Gasteiger partial charge in [-0.2, -0.15) is 0 Å². The number of aliphatic carboxylic acids is 1. The van der Waals surface area contributed by atoms with Gasteiger partial charge in [0.25, 0.3) is 5.91 Å². The van der Waals surface area contributed by atoms with Crippen molar-refractivity contribution in [3.05, 3.63) is 29.6 Å². The van der Waals surface area contributed by atoms with Crippen molar-refractivity contribution in [2.75, 3.05) is 5.73 Å². The van der Waals surface area contributed by atoms with Gasteiger partial charge in [0, 0.05) is 11.6 Å². The van der Waals surface area contributed by atoms with Gasteiger partial charge in [-0.25, -0.2) is 4.39 Å². The van der Waals surface area contributed by atoms with Crippen LogP contribution in [-0.4, -0.2) is 23.0 Å². The average molecular weight is 280 g/mol. The summed E-state index contributed by atoms with van der Waals surface area (Å²) in [6.45, 7) is 0. The summed E-state index contributed by atoms with van der Waals surface area (Å²) in [5.41, 5.74) is 5.58. The van der Waals surface area contributed by atoms with Gasteiger partial charge in [0.15, 0.2) is 0 Å². The van der Waals surface area contributed by atoms with Crippen LogP contribution in [-0.2, 0) is 4.79 Å². The van der Waals surface area contributed by atoms with E-state index < -0.39 is 11.8 Å². The Hall–Kier alpha value is -2.11. The number of halogens is 1. The monoisotopic (exact) mass is 280 g/mol. The van der Waals surface area contributed by atoms with Crippen LogP contribution in [0.5, 0.6) is 0 Å². The second-order valence-electron chi connectivity index (χ2n) is 5.10. The second kappa shape index (κ2) is 5.90. The maximum atomic E-state index is 13.3. The maximum Gasteiger partial charge on any atom is 0.306 e. The third-order valence-corrected chi connectivity index (χ3v) is 3.67. The molecule has 20 heavy (non-hydrogen) atoms. The van der Waals surface area contributed by atoms with E-state index in [0.717, 1.165) is 6.07 Å². The van der Waals surface area contributed by atoms with Gasteiger partial charge in [0.1, 0.15) is 5.82 Å². The summed E-state index contributed by atoms with van der Waals surface area (Å²) in [6.07, 6.45) is 2.35. The van der Waals surface area contributed by atoms with Crippen molar-refractivity contribution in [2.24, 2.45) is 5.92 Å². The van der Waals surface area contributed by atoms with Crippen molar-refractivity contribution in [1.82, 2.24) is 5.32 Å². The molecule has 0 saturated heterocycles. The molecule has 1 aliphatic carbocycles. The standard InChI is InChI=1S/C14H17FN2O3/c15-11-7-9(3-6-12(11)16)13(18)17-10-4-1-8(2-5-10)14(19)20/h3,6-8,10H,1-2,4-5,16H2,(H,17,18)(H,19,20). The zero-order chi connectivity index (χ0) is 14.7. The first-order valence-electron chi connectivity index (χ1n) is 6.56. The van der Waals surface area contributed by atoms with E-state index in [2.05, 4.69) is 5.32 Å². The highest BCUT2D eigenvalue weighted by molar-refractivity contribution is 5.94. The molecule has 0 aliphatic heterocycles. The van der Waals surface area contributed by atoms with Crippen LogP contribution in [0.15, 0.2) is 18.2 Å². The number of nitrogen functional groups attached to an aromatic ring is 1. The molecule has 1 aliphatic rings. The largest absolute Gasteiger partial charge is 0.481 e. The van der Waals surface area contributed by atoms with Crippen molar-refractivity contribution in [2.45, 2.75) is 31.7 Å². The number of nitrogens with two attached hydrogens (primary N) is 1. The zero-order valence-corrected chi connectivity index (χ0v) is 10.9. The van der Waals surface area contributed by atoms with Crippen LogP contribution in [0.4, 0.5) is 10.1 Å². The molecule has 1 aromatic carbocycles. The summed E-state index contributed by atoms with van der Waals surface area (Å²) < 4.78 is 13.3. The normalized spacial score (nSPS) is 22.2. The Labute approximate surface area is 116 Å². The Bertz CT molecular complexity index is 525. The molecule has 0 bridgehead atoms. The minimum atomic E-state index is -0.782. The van der Waals surface area contributed by atoms with E-state index in [1.165, 1.54) is 12.1 Å². The molecule has 0 unspecified atom stereocenters. The molecule has 0 atom stereocenters. The Morgan fingerprint density at radius 2 is 1.90 bits per heavy atom. The van der Waals surface area contributed by atoms with Crippen molar-refractivity contribution >= 4 is 17.6 Å². The molecule has 6 heteroatoms. The number of hydrogen-bond donors (Lipinski definition) is 3. The van der Waals surface area contributed by atoms with E-state index in [1.807, 2.05) is 0 Å². The Balaban J connectivity index is 1.92. The van der Waals surface area contributed by atoms with Crippen LogP contribution in [0.25, 0.3) is 0 Å². The van der Waals surface area contributed by atoms with Gasteiger partial charge in [-0.1, -0.05) is 0 Å². The topological polar surface area (TPSA) is 92.4 Å². The first-order chi connectivity index (χ1) is 9.47. The fourth-order valence-corrected chi connectivity index (χ4v) is 2.42. The Morgan fingerprint density at radius 1 is 1.25 bits per heavy atom. The number of carboxylic acids is 1. The number of carbonyl (C=O) groups excluding carboxylic acids is 1. The summed E-state index contributed by atoms with van der Waals surface area (Å²) in [5.74, 6) is -2.08. The Kier molecular flexibility index (Phi) is 4.22. The van der Waals surface area contributed by atoms with Crippen molar-refractivity contribution < 1.29 is 19.1 Å². The number of carbonyl (C=O) groups is 2. The van der Waals surface area contributed by atoms with Crippen LogP contribution in [0.2, 0.25) is 0 Å². The highest BCUT2D eigenvalue weighted by Crippen LogP contribution is 2.24. The molecular weight excluding hydrogens is 263 g/mol. The van der Waals surface area contributed by atoms with Crippen LogP contribution in [0.1, 0.15) is 36.0 Å². The molecule has 4 N–H and O–H groups in total. The number of carboxylic acid groups (broad SMARTS) is 1.